The highest BCUT2D eigenvalue weighted by molar-refractivity contribution is 6.29. The summed E-state index contributed by atoms with van der Waals surface area (Å²) in [5, 5.41) is 3.78. The summed E-state index contributed by atoms with van der Waals surface area (Å²) in [6.07, 6.45) is 3.51. The van der Waals surface area contributed by atoms with E-state index in [-0.39, 0.29) is 0 Å². The molecule has 1 heterocycles. The lowest BCUT2D eigenvalue weighted by Gasteiger charge is -2.12. The zero-order chi connectivity index (χ0) is 8.10. The maximum atomic E-state index is 5.59. The van der Waals surface area contributed by atoms with E-state index < -0.39 is 0 Å². The molecule has 0 aromatic heterocycles. The summed E-state index contributed by atoms with van der Waals surface area (Å²) in [6.45, 7) is 5.18. The van der Waals surface area contributed by atoms with Crippen LogP contribution in [0, 0.1) is 0 Å². The zero-order valence-electron chi connectivity index (χ0n) is 6.57. The van der Waals surface area contributed by atoms with Crippen molar-refractivity contribution in [3.8, 4) is 0 Å². The van der Waals surface area contributed by atoms with Crippen LogP contribution < -0.4 is 5.32 Å². The van der Waals surface area contributed by atoms with Crippen molar-refractivity contribution in [1.82, 2.24) is 5.32 Å². The van der Waals surface area contributed by atoms with E-state index in [1.807, 2.05) is 0 Å². The van der Waals surface area contributed by atoms with Crippen molar-refractivity contribution in [3.05, 3.63) is 11.6 Å². The lowest BCUT2D eigenvalue weighted by Crippen LogP contribution is -2.26. The molecule has 11 heavy (non-hydrogen) atoms. The third-order valence-corrected chi connectivity index (χ3v) is 1.74. The van der Waals surface area contributed by atoms with Crippen molar-refractivity contribution in [1.29, 1.82) is 0 Å². The van der Waals surface area contributed by atoms with Gasteiger partial charge in [0.2, 0.25) is 0 Å². The van der Waals surface area contributed by atoms with Crippen LogP contribution >= 0.6 is 11.6 Å². The van der Waals surface area contributed by atoms with Crippen molar-refractivity contribution in [2.24, 2.45) is 4.99 Å². The van der Waals surface area contributed by atoms with E-state index in [1.54, 1.807) is 0 Å². The van der Waals surface area contributed by atoms with Crippen molar-refractivity contribution in [3.63, 3.8) is 0 Å². The highest BCUT2D eigenvalue weighted by atomic mass is 35.5. The minimum Gasteiger partial charge on any atom is -0.369 e. The third kappa shape index (κ3) is 3.42. The summed E-state index contributed by atoms with van der Waals surface area (Å²) >= 11 is 5.59. The molecule has 1 rings (SSSR count). The Bertz CT molecular complexity index is 175. The molecule has 0 amide bonds. The van der Waals surface area contributed by atoms with Gasteiger partial charge >= 0.3 is 0 Å². The standard InChI is InChI=1S/C8H13ClN2/c1-7(9)6-11-8-4-2-3-5-10-8/h1-6H2,(H,10,11). The number of rotatable bonds is 2. The van der Waals surface area contributed by atoms with E-state index in [9.17, 15) is 0 Å². The van der Waals surface area contributed by atoms with Gasteiger partial charge in [0.25, 0.3) is 0 Å². The number of hydrogen-bond donors (Lipinski definition) is 1. The molecule has 0 spiro atoms. The van der Waals surface area contributed by atoms with Gasteiger partial charge in [-0.3, -0.25) is 4.99 Å². The van der Waals surface area contributed by atoms with Crippen molar-refractivity contribution < 1.29 is 0 Å². The van der Waals surface area contributed by atoms with Crippen LogP contribution in [0.15, 0.2) is 16.6 Å². The molecule has 0 bridgehead atoms. The first kappa shape index (κ1) is 8.60. The Labute approximate surface area is 72.3 Å². The van der Waals surface area contributed by atoms with Gasteiger partial charge in [-0.1, -0.05) is 18.2 Å². The van der Waals surface area contributed by atoms with Gasteiger partial charge in [-0.2, -0.15) is 0 Å². The minimum absolute atomic E-state index is 0.637. The van der Waals surface area contributed by atoms with Gasteiger partial charge in [0.05, 0.1) is 12.4 Å². The molecule has 0 atom stereocenters. The first-order valence-corrected chi connectivity index (χ1v) is 4.27. The smallest absolute Gasteiger partial charge is 0.0965 e. The zero-order valence-corrected chi connectivity index (χ0v) is 7.32. The Balaban J connectivity index is 2.24. The average Bonchev–Trinajstić information content (AvgIpc) is 2.03. The van der Waals surface area contributed by atoms with Gasteiger partial charge in [0.1, 0.15) is 0 Å². The highest BCUT2D eigenvalue weighted by Crippen LogP contribution is 2.04. The number of halogens is 1. The molecule has 0 aromatic rings. The minimum atomic E-state index is 0.637. The highest BCUT2D eigenvalue weighted by Gasteiger charge is 2.03. The van der Waals surface area contributed by atoms with Crippen LogP contribution in [0.4, 0.5) is 0 Å². The molecule has 0 saturated heterocycles. The predicted molar refractivity (Wildman–Crippen MR) is 49.1 cm³/mol. The molecule has 2 nitrogen and oxygen atoms in total. The van der Waals surface area contributed by atoms with E-state index in [1.165, 1.54) is 12.8 Å². The van der Waals surface area contributed by atoms with Crippen LogP contribution in [-0.4, -0.2) is 18.9 Å². The summed E-state index contributed by atoms with van der Waals surface area (Å²) < 4.78 is 0. The molecule has 0 aliphatic carbocycles. The second kappa shape index (κ2) is 4.39. The van der Waals surface area contributed by atoms with Crippen LogP contribution in [0.2, 0.25) is 0 Å². The topological polar surface area (TPSA) is 24.4 Å². The first-order chi connectivity index (χ1) is 5.29. The van der Waals surface area contributed by atoms with Gasteiger partial charge in [0, 0.05) is 18.0 Å². The molecule has 1 aliphatic rings. The molecular weight excluding hydrogens is 160 g/mol. The van der Waals surface area contributed by atoms with Gasteiger partial charge in [-0.15, -0.1) is 0 Å². The van der Waals surface area contributed by atoms with Crippen LogP contribution in [-0.2, 0) is 0 Å². The number of nitrogens with one attached hydrogen (secondary N) is 1. The third-order valence-electron chi connectivity index (χ3n) is 1.61. The second-order valence-corrected chi connectivity index (χ2v) is 3.19. The molecule has 1 N–H and O–H groups in total. The van der Waals surface area contributed by atoms with E-state index in [0.29, 0.717) is 11.6 Å². The summed E-state index contributed by atoms with van der Waals surface area (Å²) in [5.74, 6) is 1.08. The van der Waals surface area contributed by atoms with Gasteiger partial charge in [-0.25, -0.2) is 0 Å². The van der Waals surface area contributed by atoms with Crippen molar-refractivity contribution >= 4 is 17.4 Å². The maximum absolute atomic E-state index is 5.59. The molecule has 0 aromatic carbocycles. The van der Waals surface area contributed by atoms with E-state index in [4.69, 9.17) is 11.6 Å². The van der Waals surface area contributed by atoms with E-state index in [0.717, 1.165) is 18.8 Å². The normalized spacial score (nSPS) is 17.4. The number of nitrogens with zero attached hydrogens (tertiary/aromatic N) is 1. The SMILES string of the molecule is C=C(Cl)CNC1=NCCCC1. The van der Waals surface area contributed by atoms with Gasteiger partial charge in [-0.05, 0) is 12.8 Å². The van der Waals surface area contributed by atoms with Gasteiger partial charge < -0.3 is 5.32 Å². The lowest BCUT2D eigenvalue weighted by molar-refractivity contribution is 0.715. The molecule has 1 aliphatic heterocycles. The Morgan fingerprint density at radius 2 is 2.45 bits per heavy atom. The van der Waals surface area contributed by atoms with Crippen LogP contribution in [0.5, 0.6) is 0 Å². The Morgan fingerprint density at radius 3 is 3.00 bits per heavy atom. The van der Waals surface area contributed by atoms with Gasteiger partial charge in [0.15, 0.2) is 0 Å². The molecule has 0 radical (unpaired) electrons. The number of aliphatic imine (C=N–C) groups is 1. The molecular formula is C8H13ClN2. The first-order valence-electron chi connectivity index (χ1n) is 3.89. The number of hydrogen-bond acceptors (Lipinski definition) is 2. The fraction of sp³-hybridized carbons (Fsp3) is 0.625. The molecule has 3 heteroatoms. The van der Waals surface area contributed by atoms with Crippen LogP contribution in [0.3, 0.4) is 0 Å². The van der Waals surface area contributed by atoms with Crippen LogP contribution in [0.25, 0.3) is 0 Å². The summed E-state index contributed by atoms with van der Waals surface area (Å²) in [4.78, 5) is 4.31. The Kier molecular flexibility index (Phi) is 3.43. The summed E-state index contributed by atoms with van der Waals surface area (Å²) in [5.41, 5.74) is 0. The second-order valence-electron chi connectivity index (χ2n) is 2.66. The molecule has 0 fully saturated rings. The molecule has 0 saturated carbocycles. The Morgan fingerprint density at radius 1 is 1.64 bits per heavy atom. The number of amidine groups is 1. The quantitative estimate of drug-likeness (QED) is 0.676. The monoisotopic (exact) mass is 172 g/mol. The predicted octanol–water partition coefficient (Wildman–Crippen LogP) is 1.91. The fourth-order valence-electron chi connectivity index (χ4n) is 1.04. The van der Waals surface area contributed by atoms with Crippen LogP contribution in [0.1, 0.15) is 19.3 Å². The summed E-state index contributed by atoms with van der Waals surface area (Å²) in [7, 11) is 0. The fourth-order valence-corrected chi connectivity index (χ4v) is 1.11. The summed E-state index contributed by atoms with van der Waals surface area (Å²) in [6, 6.07) is 0. The molecule has 0 unspecified atom stereocenters. The average molecular weight is 173 g/mol. The van der Waals surface area contributed by atoms with Crippen molar-refractivity contribution in [2.45, 2.75) is 19.3 Å². The van der Waals surface area contributed by atoms with E-state index >= 15 is 0 Å². The van der Waals surface area contributed by atoms with E-state index in [2.05, 4.69) is 16.9 Å². The van der Waals surface area contributed by atoms with Crippen molar-refractivity contribution in [2.75, 3.05) is 13.1 Å². The Hall–Kier alpha value is -0.500. The largest absolute Gasteiger partial charge is 0.369 e. The lowest BCUT2D eigenvalue weighted by atomic mass is 10.2. The molecule has 62 valence electrons. The maximum Gasteiger partial charge on any atom is 0.0965 e.